The van der Waals surface area contributed by atoms with Crippen LogP contribution in [0.4, 0.5) is 5.69 Å². The molecular weight excluding hydrogens is 320 g/mol. The number of H-pyrrole nitrogens is 1. The molecule has 1 aromatic carbocycles. The van der Waals surface area contributed by atoms with Gasteiger partial charge in [-0.15, -0.1) is 11.3 Å². The van der Waals surface area contributed by atoms with Gasteiger partial charge in [-0.2, -0.15) is 0 Å². The van der Waals surface area contributed by atoms with E-state index in [0.717, 1.165) is 27.0 Å². The molecule has 0 radical (unpaired) electrons. The van der Waals surface area contributed by atoms with Crippen molar-refractivity contribution in [3.63, 3.8) is 0 Å². The molecule has 1 aliphatic rings. The molecule has 1 saturated heterocycles. The van der Waals surface area contributed by atoms with Crippen LogP contribution >= 0.6 is 23.6 Å². The van der Waals surface area contributed by atoms with Gasteiger partial charge < -0.3 is 19.8 Å². The maximum atomic E-state index is 12.3. The number of thiazole rings is 1. The Kier molecular flexibility index (Phi) is 4.58. The van der Waals surface area contributed by atoms with E-state index in [1.165, 1.54) is 11.3 Å². The summed E-state index contributed by atoms with van der Waals surface area (Å²) < 4.78 is 13.0. The number of benzene rings is 1. The quantitative estimate of drug-likeness (QED) is 0.835. The molecule has 1 fully saturated rings. The molecule has 5 nitrogen and oxygen atoms in total. The van der Waals surface area contributed by atoms with Crippen LogP contribution in [0.2, 0.25) is 0 Å². The van der Waals surface area contributed by atoms with Crippen LogP contribution in [0.15, 0.2) is 18.2 Å². The second-order valence-electron chi connectivity index (χ2n) is 5.40. The lowest BCUT2D eigenvalue weighted by molar-refractivity contribution is -0.230. The number of hydrogen-bond acceptors (Lipinski definition) is 5. The molecule has 2 heterocycles. The van der Waals surface area contributed by atoms with Gasteiger partial charge in [-0.05, 0) is 50.2 Å². The zero-order valence-corrected chi connectivity index (χ0v) is 14.1. The highest BCUT2D eigenvalue weighted by Gasteiger charge is 2.31. The molecule has 2 N–H and O–H groups in total. The van der Waals surface area contributed by atoms with E-state index in [2.05, 4.69) is 10.3 Å². The fourth-order valence-electron chi connectivity index (χ4n) is 2.51. The van der Waals surface area contributed by atoms with Gasteiger partial charge in [-0.3, -0.25) is 4.79 Å². The van der Waals surface area contributed by atoms with Gasteiger partial charge >= 0.3 is 0 Å². The molecule has 3 unspecified atom stereocenters. The van der Waals surface area contributed by atoms with E-state index in [4.69, 9.17) is 21.7 Å². The van der Waals surface area contributed by atoms with Crippen LogP contribution in [0.1, 0.15) is 26.7 Å². The van der Waals surface area contributed by atoms with E-state index in [1.807, 2.05) is 32.0 Å². The summed E-state index contributed by atoms with van der Waals surface area (Å²) >= 11 is 6.60. The van der Waals surface area contributed by atoms with Crippen molar-refractivity contribution in [3.05, 3.63) is 22.2 Å². The maximum Gasteiger partial charge on any atom is 0.281 e. The Balaban J connectivity index is 1.73. The molecule has 1 aromatic heterocycles. The zero-order valence-electron chi connectivity index (χ0n) is 12.4. The number of hydrogen-bond donors (Lipinski definition) is 2. The number of carbonyl (C=O) groups excluding carboxylic acids is 1. The zero-order chi connectivity index (χ0) is 15.7. The molecule has 0 spiro atoms. The first-order valence-corrected chi connectivity index (χ1v) is 8.52. The van der Waals surface area contributed by atoms with Crippen LogP contribution in [0.5, 0.6) is 0 Å². The number of ether oxygens (including phenoxy) is 2. The van der Waals surface area contributed by atoms with E-state index in [-0.39, 0.29) is 18.1 Å². The Morgan fingerprint density at radius 3 is 3.09 bits per heavy atom. The monoisotopic (exact) mass is 338 g/mol. The van der Waals surface area contributed by atoms with Gasteiger partial charge in [0.1, 0.15) is 0 Å². The highest BCUT2D eigenvalue weighted by atomic mass is 32.1. The summed E-state index contributed by atoms with van der Waals surface area (Å²) in [6.07, 6.45) is 0.923. The molecule has 0 bridgehead atoms. The smallest absolute Gasteiger partial charge is 0.281 e. The Labute approximate surface area is 137 Å². The summed E-state index contributed by atoms with van der Waals surface area (Å²) in [7, 11) is 0. The summed E-state index contributed by atoms with van der Waals surface area (Å²) in [6, 6.07) is 5.63. The first-order valence-electron chi connectivity index (χ1n) is 7.30. The molecule has 1 amide bonds. The van der Waals surface area contributed by atoms with Crippen LogP contribution in [0.3, 0.4) is 0 Å². The van der Waals surface area contributed by atoms with Crippen LogP contribution in [-0.4, -0.2) is 29.4 Å². The Morgan fingerprint density at radius 1 is 1.50 bits per heavy atom. The fourth-order valence-corrected chi connectivity index (χ4v) is 3.66. The van der Waals surface area contributed by atoms with E-state index >= 15 is 0 Å². The van der Waals surface area contributed by atoms with Crippen molar-refractivity contribution in [2.75, 3.05) is 5.32 Å². The average Bonchev–Trinajstić information content (AvgIpc) is 2.85. The minimum atomic E-state index is -0.853. The third kappa shape index (κ3) is 3.38. The second-order valence-corrected chi connectivity index (χ2v) is 7.11. The summed E-state index contributed by atoms with van der Waals surface area (Å²) in [6.45, 7) is 4.01. The molecule has 118 valence electrons. The third-order valence-electron chi connectivity index (χ3n) is 3.62. The standard InChI is InChI=1S/C15H18N2O3S2/c1-3-10-6-8(2)19-14(20-10)13(18)16-9-4-5-11-12(7-9)22-15(21)17-11/h4-5,7-8,10,14H,3,6H2,1-2H3,(H,16,18)(H,17,21). The van der Waals surface area contributed by atoms with E-state index < -0.39 is 6.29 Å². The predicted molar refractivity (Wildman–Crippen MR) is 89.8 cm³/mol. The van der Waals surface area contributed by atoms with Gasteiger partial charge in [0, 0.05) is 5.69 Å². The van der Waals surface area contributed by atoms with Crippen LogP contribution in [0.25, 0.3) is 10.2 Å². The Morgan fingerprint density at radius 2 is 2.32 bits per heavy atom. The van der Waals surface area contributed by atoms with E-state index in [9.17, 15) is 4.79 Å². The summed E-state index contributed by atoms with van der Waals surface area (Å²) in [5, 5.41) is 2.85. The summed E-state index contributed by atoms with van der Waals surface area (Å²) in [5.41, 5.74) is 1.68. The topological polar surface area (TPSA) is 63.3 Å². The van der Waals surface area contributed by atoms with Gasteiger partial charge in [0.05, 0.1) is 22.4 Å². The lowest BCUT2D eigenvalue weighted by Gasteiger charge is -2.32. The average molecular weight is 338 g/mol. The van der Waals surface area contributed by atoms with Crippen LogP contribution in [-0.2, 0) is 14.3 Å². The molecular formula is C15H18N2O3S2. The molecule has 2 aromatic rings. The van der Waals surface area contributed by atoms with Gasteiger partial charge in [0.25, 0.3) is 5.91 Å². The van der Waals surface area contributed by atoms with Crippen molar-refractivity contribution in [2.45, 2.75) is 45.2 Å². The number of aromatic amines is 1. The normalized spacial score (nSPS) is 25.3. The molecule has 0 aliphatic carbocycles. The molecule has 3 rings (SSSR count). The van der Waals surface area contributed by atoms with E-state index in [1.54, 1.807) is 0 Å². The molecule has 22 heavy (non-hydrogen) atoms. The van der Waals surface area contributed by atoms with Crippen LogP contribution < -0.4 is 5.32 Å². The highest BCUT2D eigenvalue weighted by molar-refractivity contribution is 7.73. The second kappa shape index (κ2) is 6.45. The third-order valence-corrected chi connectivity index (χ3v) is 4.82. The van der Waals surface area contributed by atoms with Crippen molar-refractivity contribution < 1.29 is 14.3 Å². The van der Waals surface area contributed by atoms with Crippen molar-refractivity contribution in [1.82, 2.24) is 4.98 Å². The molecule has 3 atom stereocenters. The van der Waals surface area contributed by atoms with Crippen molar-refractivity contribution in [2.24, 2.45) is 0 Å². The number of amides is 1. The lowest BCUT2D eigenvalue weighted by atomic mass is 10.1. The minimum absolute atomic E-state index is 0.0200. The number of anilines is 1. The predicted octanol–water partition coefficient (Wildman–Crippen LogP) is 3.83. The molecule has 1 aliphatic heterocycles. The first-order chi connectivity index (χ1) is 10.5. The first kappa shape index (κ1) is 15.6. The molecule has 7 heteroatoms. The largest absolute Gasteiger partial charge is 0.341 e. The Bertz CT molecular complexity index is 740. The number of nitrogens with one attached hydrogen (secondary N) is 2. The number of rotatable bonds is 3. The lowest BCUT2D eigenvalue weighted by Crippen LogP contribution is -2.43. The number of aromatic nitrogens is 1. The van der Waals surface area contributed by atoms with Crippen molar-refractivity contribution >= 4 is 45.4 Å². The summed E-state index contributed by atoms with van der Waals surface area (Å²) in [4.78, 5) is 15.4. The summed E-state index contributed by atoms with van der Waals surface area (Å²) in [5.74, 6) is -0.275. The van der Waals surface area contributed by atoms with Gasteiger partial charge in [-0.1, -0.05) is 6.92 Å². The van der Waals surface area contributed by atoms with Crippen LogP contribution in [0, 0.1) is 3.95 Å². The van der Waals surface area contributed by atoms with Crippen molar-refractivity contribution in [3.8, 4) is 0 Å². The van der Waals surface area contributed by atoms with Crippen molar-refractivity contribution in [1.29, 1.82) is 0 Å². The fraction of sp³-hybridized carbons (Fsp3) is 0.467. The number of fused-ring (bicyclic) bond motifs is 1. The van der Waals surface area contributed by atoms with E-state index in [0.29, 0.717) is 5.69 Å². The van der Waals surface area contributed by atoms with Gasteiger partial charge in [0.2, 0.25) is 6.29 Å². The molecule has 0 saturated carbocycles. The SMILES string of the molecule is CCC1CC(C)OC(C(=O)Nc2ccc3[nH]c(=S)sc3c2)O1. The Hall–Kier alpha value is -1.28. The maximum absolute atomic E-state index is 12.3. The van der Waals surface area contributed by atoms with Gasteiger partial charge in [0.15, 0.2) is 3.95 Å². The highest BCUT2D eigenvalue weighted by Crippen LogP contribution is 2.25. The number of carbonyl (C=O) groups is 1. The minimum Gasteiger partial charge on any atom is -0.341 e. The van der Waals surface area contributed by atoms with Gasteiger partial charge in [-0.25, -0.2) is 0 Å².